The topological polar surface area (TPSA) is 90.0 Å². The highest BCUT2D eigenvalue weighted by atomic mass is 32.2. The summed E-state index contributed by atoms with van der Waals surface area (Å²) in [5.74, 6) is -0.214. The molecule has 2 aromatic carbocycles. The number of nitrogens with one attached hydrogen (secondary N) is 1. The molecule has 2 fully saturated rings. The highest BCUT2D eigenvalue weighted by molar-refractivity contribution is 7.89. The van der Waals surface area contributed by atoms with Crippen molar-refractivity contribution in [3.63, 3.8) is 0 Å². The lowest BCUT2D eigenvalue weighted by Gasteiger charge is -2.36. The van der Waals surface area contributed by atoms with Gasteiger partial charge < -0.3 is 5.32 Å². The van der Waals surface area contributed by atoms with Crippen molar-refractivity contribution >= 4 is 22.0 Å². The van der Waals surface area contributed by atoms with Crippen LogP contribution in [0.1, 0.15) is 29.5 Å². The fourth-order valence-corrected chi connectivity index (χ4v) is 6.53. The Bertz CT molecular complexity index is 1190. The molecule has 3 aliphatic rings. The average Bonchev–Trinajstić information content (AvgIpc) is 3.05. The van der Waals surface area contributed by atoms with Gasteiger partial charge in [-0.15, -0.1) is 0 Å². The van der Waals surface area contributed by atoms with E-state index in [1.165, 1.54) is 9.21 Å². The van der Waals surface area contributed by atoms with Gasteiger partial charge in [0.25, 0.3) is 5.91 Å². The molecule has 33 heavy (non-hydrogen) atoms. The maximum absolute atomic E-state index is 13.5. The molecule has 2 aliphatic heterocycles. The first-order chi connectivity index (χ1) is 15.8. The molecule has 1 aliphatic carbocycles. The van der Waals surface area contributed by atoms with Crippen LogP contribution in [-0.4, -0.2) is 67.3 Å². The predicted molar refractivity (Wildman–Crippen MR) is 123 cm³/mol. The van der Waals surface area contributed by atoms with Crippen LogP contribution >= 0.6 is 0 Å². The van der Waals surface area contributed by atoms with Gasteiger partial charge in [0.2, 0.25) is 10.0 Å². The Labute approximate surface area is 194 Å². The molecule has 2 heterocycles. The number of sulfonamides is 1. The van der Waals surface area contributed by atoms with Gasteiger partial charge in [0.05, 0.1) is 11.6 Å². The molecule has 174 valence electrons. The lowest BCUT2D eigenvalue weighted by molar-refractivity contribution is -0.133. The fraction of sp³-hybridized carbons (Fsp3) is 0.417. The smallest absolute Gasteiger partial charge is 0.319 e. The molecule has 2 aromatic rings. The zero-order chi connectivity index (χ0) is 23.2. The van der Waals surface area contributed by atoms with Crippen LogP contribution in [0.15, 0.2) is 53.4 Å². The summed E-state index contributed by atoms with van der Waals surface area (Å²) in [4.78, 5) is 29.8. The number of carbonyl (C=O) groups excluding carboxylic acids is 2. The van der Waals surface area contributed by atoms with Gasteiger partial charge in [-0.3, -0.25) is 9.69 Å². The van der Waals surface area contributed by atoms with E-state index in [2.05, 4.69) is 5.32 Å². The molecule has 3 amide bonds. The first-order valence-electron chi connectivity index (χ1n) is 11.3. The monoisotopic (exact) mass is 468 g/mol. The van der Waals surface area contributed by atoms with Gasteiger partial charge in [-0.1, -0.05) is 42.0 Å². The standard InChI is InChI=1S/C24H28N4O4S/c1-18-8-10-20(11-9-18)33(31,32)27-15-13-26(14-16-27)17-28-22(29)24(25-23(28)30)12-4-6-19-5-2-3-7-21(19)24/h2-3,5,7-11H,4,6,12-17H2,1H3,(H,25,30)/t24-/m1/s1. The van der Waals surface area contributed by atoms with Gasteiger partial charge in [-0.2, -0.15) is 4.31 Å². The molecule has 1 N–H and O–H groups in total. The van der Waals surface area contributed by atoms with Crippen LogP contribution in [0.3, 0.4) is 0 Å². The quantitative estimate of drug-likeness (QED) is 0.694. The molecule has 9 heteroatoms. The third-order valence-corrected chi connectivity index (χ3v) is 8.90. The van der Waals surface area contributed by atoms with Crippen molar-refractivity contribution in [2.24, 2.45) is 0 Å². The Morgan fingerprint density at radius 2 is 1.67 bits per heavy atom. The highest BCUT2D eigenvalue weighted by Crippen LogP contribution is 2.40. The highest BCUT2D eigenvalue weighted by Gasteiger charge is 2.54. The van der Waals surface area contributed by atoms with Crippen molar-refractivity contribution in [1.29, 1.82) is 0 Å². The molecule has 0 saturated carbocycles. The summed E-state index contributed by atoms with van der Waals surface area (Å²) in [6.45, 7) is 3.60. The largest absolute Gasteiger partial charge is 0.326 e. The minimum atomic E-state index is -3.56. The number of nitrogens with zero attached hydrogens (tertiary/aromatic N) is 3. The zero-order valence-electron chi connectivity index (χ0n) is 18.7. The van der Waals surface area contributed by atoms with Crippen LogP contribution in [0.4, 0.5) is 4.79 Å². The number of carbonyl (C=O) groups is 2. The van der Waals surface area contributed by atoms with Crippen molar-refractivity contribution in [1.82, 2.24) is 19.4 Å². The maximum Gasteiger partial charge on any atom is 0.326 e. The van der Waals surface area contributed by atoms with Crippen LogP contribution in [0.2, 0.25) is 0 Å². The first kappa shape index (κ1) is 22.1. The van der Waals surface area contributed by atoms with Crippen LogP contribution in [-0.2, 0) is 26.8 Å². The number of hydrogen-bond donors (Lipinski definition) is 1. The number of urea groups is 1. The number of fused-ring (bicyclic) bond motifs is 2. The zero-order valence-corrected chi connectivity index (χ0v) is 19.5. The summed E-state index contributed by atoms with van der Waals surface area (Å²) in [5, 5.41) is 2.98. The van der Waals surface area contributed by atoms with Gasteiger partial charge in [0.1, 0.15) is 5.54 Å². The second-order valence-corrected chi connectivity index (χ2v) is 11.0. The van der Waals surface area contributed by atoms with E-state index in [0.717, 1.165) is 29.5 Å². The third kappa shape index (κ3) is 3.74. The van der Waals surface area contributed by atoms with Crippen molar-refractivity contribution < 1.29 is 18.0 Å². The molecule has 1 atom stereocenters. The van der Waals surface area contributed by atoms with Crippen molar-refractivity contribution in [2.75, 3.05) is 32.8 Å². The fourth-order valence-electron chi connectivity index (χ4n) is 5.11. The van der Waals surface area contributed by atoms with Gasteiger partial charge in [0.15, 0.2) is 0 Å². The van der Waals surface area contributed by atoms with Gasteiger partial charge in [0, 0.05) is 26.2 Å². The minimum absolute atomic E-state index is 0.160. The number of imide groups is 1. The average molecular weight is 469 g/mol. The van der Waals surface area contributed by atoms with E-state index in [4.69, 9.17) is 0 Å². The Balaban J connectivity index is 1.27. The van der Waals surface area contributed by atoms with Crippen LogP contribution in [0.25, 0.3) is 0 Å². The minimum Gasteiger partial charge on any atom is -0.319 e. The van der Waals surface area contributed by atoms with E-state index in [-0.39, 0.29) is 23.5 Å². The first-order valence-corrected chi connectivity index (χ1v) is 12.8. The lowest BCUT2D eigenvalue weighted by atomic mass is 9.76. The molecule has 1 spiro atoms. The van der Waals surface area contributed by atoms with Crippen molar-refractivity contribution in [3.8, 4) is 0 Å². The number of rotatable bonds is 4. The maximum atomic E-state index is 13.5. The SMILES string of the molecule is Cc1ccc(S(=O)(=O)N2CCN(CN3C(=O)N[C@@]4(CCCc5ccccc54)C3=O)CC2)cc1. The van der Waals surface area contributed by atoms with E-state index < -0.39 is 15.6 Å². The normalized spacial score (nSPS) is 24.2. The number of hydrogen-bond acceptors (Lipinski definition) is 5. The second-order valence-electron chi connectivity index (χ2n) is 9.06. The van der Waals surface area contributed by atoms with Gasteiger partial charge in [-0.05, 0) is 49.4 Å². The van der Waals surface area contributed by atoms with E-state index in [1.54, 1.807) is 24.3 Å². The Kier molecular flexibility index (Phi) is 5.50. The summed E-state index contributed by atoms with van der Waals surface area (Å²) in [6, 6.07) is 14.3. The van der Waals surface area contributed by atoms with Gasteiger partial charge in [-0.25, -0.2) is 18.1 Å². The molecule has 0 bridgehead atoms. The Hall–Kier alpha value is -2.75. The summed E-state index contributed by atoms with van der Waals surface area (Å²) in [7, 11) is -3.56. The number of benzene rings is 2. The Morgan fingerprint density at radius 1 is 0.970 bits per heavy atom. The number of aryl methyl sites for hydroxylation is 2. The summed E-state index contributed by atoms with van der Waals surface area (Å²) in [5.41, 5.74) is 2.02. The van der Waals surface area contributed by atoms with Gasteiger partial charge >= 0.3 is 6.03 Å². The summed E-state index contributed by atoms with van der Waals surface area (Å²) < 4.78 is 27.4. The van der Waals surface area contributed by atoms with E-state index in [0.29, 0.717) is 32.6 Å². The van der Waals surface area contributed by atoms with E-state index in [9.17, 15) is 18.0 Å². The summed E-state index contributed by atoms with van der Waals surface area (Å²) >= 11 is 0. The number of amides is 3. The molecular formula is C24H28N4O4S. The third-order valence-electron chi connectivity index (χ3n) is 6.98. The van der Waals surface area contributed by atoms with Crippen LogP contribution < -0.4 is 5.32 Å². The van der Waals surface area contributed by atoms with Crippen LogP contribution in [0.5, 0.6) is 0 Å². The molecule has 0 aromatic heterocycles. The summed E-state index contributed by atoms with van der Waals surface area (Å²) in [6.07, 6.45) is 2.33. The predicted octanol–water partition coefficient (Wildman–Crippen LogP) is 2.04. The molecular weight excluding hydrogens is 440 g/mol. The van der Waals surface area contributed by atoms with Crippen molar-refractivity contribution in [2.45, 2.75) is 36.6 Å². The molecule has 0 unspecified atom stereocenters. The van der Waals surface area contributed by atoms with Crippen molar-refractivity contribution in [3.05, 3.63) is 65.2 Å². The van der Waals surface area contributed by atoms with E-state index >= 15 is 0 Å². The van der Waals surface area contributed by atoms with E-state index in [1.807, 2.05) is 36.1 Å². The number of piperazine rings is 1. The van der Waals surface area contributed by atoms with Crippen LogP contribution in [0, 0.1) is 6.92 Å². The molecule has 8 nitrogen and oxygen atoms in total. The second kappa shape index (κ2) is 8.23. The lowest BCUT2D eigenvalue weighted by Crippen LogP contribution is -2.53. The molecule has 0 radical (unpaired) electrons. The Morgan fingerprint density at radius 3 is 2.39 bits per heavy atom. The molecule has 2 saturated heterocycles. The molecule has 5 rings (SSSR count).